The predicted octanol–water partition coefficient (Wildman–Crippen LogP) is 2.72. The maximum absolute atomic E-state index is 12.1. The highest BCUT2D eigenvalue weighted by molar-refractivity contribution is 7.94. The molecule has 128 valence electrons. The molecule has 0 fully saturated rings. The fraction of sp³-hybridized carbons (Fsp3) is 0.714. The summed E-state index contributed by atoms with van der Waals surface area (Å²) in [6, 6.07) is 0. The molecule has 0 aliphatic carbocycles. The Kier molecular flexibility index (Phi) is 6.20. The lowest BCUT2D eigenvalue weighted by atomic mass is 10.2. The molecule has 8 heteroatoms. The van der Waals surface area contributed by atoms with Gasteiger partial charge in [0.1, 0.15) is 11.2 Å². The summed E-state index contributed by atoms with van der Waals surface area (Å²) in [5, 5.41) is 0. The molecule has 0 aromatic rings. The highest BCUT2D eigenvalue weighted by Crippen LogP contribution is 2.16. The van der Waals surface area contributed by atoms with Crippen molar-refractivity contribution in [2.24, 2.45) is 0 Å². The number of ether oxygens (including phenoxy) is 2. The van der Waals surface area contributed by atoms with Crippen LogP contribution in [0.3, 0.4) is 0 Å². The first kappa shape index (κ1) is 20.4. The molecule has 0 saturated heterocycles. The van der Waals surface area contributed by atoms with E-state index >= 15 is 0 Å². The minimum atomic E-state index is -3.60. The maximum Gasteiger partial charge on any atom is 0.420 e. The fourth-order valence-corrected chi connectivity index (χ4v) is 1.49. The van der Waals surface area contributed by atoms with Crippen molar-refractivity contribution >= 4 is 22.0 Å². The number of amides is 2. The van der Waals surface area contributed by atoms with E-state index in [2.05, 4.69) is 6.58 Å². The molecular weight excluding hydrogens is 310 g/mol. The number of carbonyl (C=O) groups is 2. The van der Waals surface area contributed by atoms with Crippen LogP contribution < -0.4 is 0 Å². The van der Waals surface area contributed by atoms with E-state index in [1.807, 2.05) is 0 Å². The van der Waals surface area contributed by atoms with Crippen molar-refractivity contribution in [2.75, 3.05) is 12.8 Å². The van der Waals surface area contributed by atoms with E-state index in [1.54, 1.807) is 41.5 Å². The lowest BCUT2D eigenvalue weighted by Crippen LogP contribution is -2.44. The van der Waals surface area contributed by atoms with E-state index in [0.717, 1.165) is 6.26 Å². The molecule has 0 radical (unpaired) electrons. The average molecular weight is 335 g/mol. The zero-order valence-electron chi connectivity index (χ0n) is 14.2. The second-order valence-corrected chi connectivity index (χ2v) is 8.98. The van der Waals surface area contributed by atoms with E-state index in [4.69, 9.17) is 9.47 Å². The Hall–Kier alpha value is -1.57. The molecule has 0 atom stereocenters. The average Bonchev–Trinajstić information content (AvgIpc) is 2.18. The van der Waals surface area contributed by atoms with Crippen molar-refractivity contribution in [3.05, 3.63) is 11.5 Å². The number of nitrogens with zero attached hydrogens (tertiary/aromatic N) is 1. The standard InChI is InChI=1S/C14H25NO6S/c1-10(22(8,18)19)9-15(11(16)20-13(2,3)4)12(17)21-14(5,6)7/h1,9H2,2-8H3. The van der Waals surface area contributed by atoms with Gasteiger partial charge in [0.15, 0.2) is 9.84 Å². The van der Waals surface area contributed by atoms with Gasteiger partial charge in [0.2, 0.25) is 0 Å². The van der Waals surface area contributed by atoms with E-state index in [1.165, 1.54) is 0 Å². The first-order valence-electron chi connectivity index (χ1n) is 6.64. The lowest BCUT2D eigenvalue weighted by molar-refractivity contribution is 0.00358. The summed E-state index contributed by atoms with van der Waals surface area (Å²) in [6.45, 7) is 12.6. The Bertz CT molecular complexity index is 523. The smallest absolute Gasteiger partial charge is 0.420 e. The summed E-state index contributed by atoms with van der Waals surface area (Å²) in [7, 11) is -3.60. The Morgan fingerprint density at radius 1 is 0.955 bits per heavy atom. The second-order valence-electron chi connectivity index (χ2n) is 6.86. The fourth-order valence-electron chi connectivity index (χ4n) is 1.13. The third-order valence-corrected chi connectivity index (χ3v) is 3.26. The maximum atomic E-state index is 12.1. The van der Waals surface area contributed by atoms with Crippen molar-refractivity contribution in [2.45, 2.75) is 52.7 Å². The molecule has 22 heavy (non-hydrogen) atoms. The summed E-state index contributed by atoms with van der Waals surface area (Å²) >= 11 is 0. The van der Waals surface area contributed by atoms with E-state index < -0.39 is 39.8 Å². The van der Waals surface area contributed by atoms with Crippen LogP contribution in [0.5, 0.6) is 0 Å². The van der Waals surface area contributed by atoms with Crippen LogP contribution in [0.25, 0.3) is 0 Å². The minimum absolute atomic E-state index is 0.288. The third kappa shape index (κ3) is 8.02. The Morgan fingerprint density at radius 2 is 1.27 bits per heavy atom. The molecule has 0 saturated carbocycles. The third-order valence-electron chi connectivity index (χ3n) is 2.09. The van der Waals surface area contributed by atoms with Crippen LogP contribution in [0.1, 0.15) is 41.5 Å². The van der Waals surface area contributed by atoms with Crippen molar-refractivity contribution in [3.8, 4) is 0 Å². The predicted molar refractivity (Wildman–Crippen MR) is 83.2 cm³/mol. The topological polar surface area (TPSA) is 90.0 Å². The molecule has 0 N–H and O–H groups in total. The van der Waals surface area contributed by atoms with Gasteiger partial charge in [0.25, 0.3) is 0 Å². The van der Waals surface area contributed by atoms with Gasteiger partial charge >= 0.3 is 12.2 Å². The molecule has 0 heterocycles. The summed E-state index contributed by atoms with van der Waals surface area (Å²) in [5.41, 5.74) is -1.69. The first-order valence-corrected chi connectivity index (χ1v) is 8.53. The molecule has 0 bridgehead atoms. The second kappa shape index (κ2) is 6.68. The highest BCUT2D eigenvalue weighted by atomic mass is 32.2. The largest absolute Gasteiger partial charge is 0.443 e. The van der Waals surface area contributed by atoms with Crippen molar-refractivity contribution < 1.29 is 27.5 Å². The van der Waals surface area contributed by atoms with Gasteiger partial charge in [-0.3, -0.25) is 0 Å². The van der Waals surface area contributed by atoms with E-state index in [-0.39, 0.29) is 4.91 Å². The van der Waals surface area contributed by atoms with Crippen LogP contribution in [0.15, 0.2) is 11.5 Å². The van der Waals surface area contributed by atoms with Gasteiger partial charge < -0.3 is 9.47 Å². The number of rotatable bonds is 3. The Labute approximate surface area is 132 Å². The molecule has 0 aliphatic rings. The molecule has 7 nitrogen and oxygen atoms in total. The van der Waals surface area contributed by atoms with Gasteiger partial charge in [-0.25, -0.2) is 22.9 Å². The zero-order valence-corrected chi connectivity index (χ0v) is 15.0. The molecular formula is C14H25NO6S. The van der Waals surface area contributed by atoms with E-state index in [9.17, 15) is 18.0 Å². The van der Waals surface area contributed by atoms with Crippen molar-refractivity contribution in [1.82, 2.24) is 4.90 Å². The van der Waals surface area contributed by atoms with Crippen LogP contribution in [0.4, 0.5) is 9.59 Å². The summed E-state index contributed by atoms with van der Waals surface area (Å²) in [5.74, 6) is 0. The number of sulfone groups is 1. The number of hydrogen-bond donors (Lipinski definition) is 0. The number of hydrogen-bond acceptors (Lipinski definition) is 6. The van der Waals surface area contributed by atoms with Crippen molar-refractivity contribution in [3.63, 3.8) is 0 Å². The van der Waals surface area contributed by atoms with Crippen LogP contribution >= 0.6 is 0 Å². The molecule has 2 amide bonds. The van der Waals surface area contributed by atoms with Crippen LogP contribution in [0.2, 0.25) is 0 Å². The molecule has 0 aromatic heterocycles. The zero-order chi connectivity index (χ0) is 17.9. The monoisotopic (exact) mass is 335 g/mol. The lowest BCUT2D eigenvalue weighted by Gasteiger charge is -2.28. The minimum Gasteiger partial charge on any atom is -0.443 e. The van der Waals surface area contributed by atoms with Gasteiger partial charge in [-0.15, -0.1) is 0 Å². The number of imide groups is 1. The van der Waals surface area contributed by atoms with Crippen LogP contribution in [-0.4, -0.2) is 49.5 Å². The molecule has 0 spiro atoms. The summed E-state index contributed by atoms with van der Waals surface area (Å²) in [6.07, 6.45) is -1.05. The van der Waals surface area contributed by atoms with Gasteiger partial charge in [0.05, 0.1) is 11.4 Å². The van der Waals surface area contributed by atoms with Crippen molar-refractivity contribution in [1.29, 1.82) is 0 Å². The van der Waals surface area contributed by atoms with Crippen LogP contribution in [0, 0.1) is 0 Å². The molecule has 0 unspecified atom stereocenters. The van der Waals surface area contributed by atoms with Gasteiger partial charge in [-0.05, 0) is 41.5 Å². The first-order chi connectivity index (χ1) is 9.53. The van der Waals surface area contributed by atoms with Gasteiger partial charge in [-0.1, -0.05) is 6.58 Å². The molecule has 0 rings (SSSR count). The van der Waals surface area contributed by atoms with E-state index in [0.29, 0.717) is 4.90 Å². The highest BCUT2D eigenvalue weighted by Gasteiger charge is 2.32. The Morgan fingerprint density at radius 3 is 1.50 bits per heavy atom. The number of carbonyl (C=O) groups excluding carboxylic acids is 2. The quantitative estimate of drug-likeness (QED) is 0.787. The van der Waals surface area contributed by atoms with Gasteiger partial charge in [-0.2, -0.15) is 0 Å². The summed E-state index contributed by atoms with van der Waals surface area (Å²) < 4.78 is 33.1. The normalized spacial score (nSPS) is 12.5. The molecule has 0 aromatic carbocycles. The summed E-state index contributed by atoms with van der Waals surface area (Å²) in [4.78, 5) is 24.5. The SMILES string of the molecule is C=C(CN(C(=O)OC(C)(C)C)C(=O)OC(C)(C)C)S(C)(=O)=O. The Balaban J connectivity index is 5.36. The van der Waals surface area contributed by atoms with Gasteiger partial charge in [0, 0.05) is 6.26 Å². The van der Waals surface area contributed by atoms with Crippen LogP contribution in [-0.2, 0) is 19.3 Å². The molecule has 0 aliphatic heterocycles.